The summed E-state index contributed by atoms with van der Waals surface area (Å²) in [6.45, 7) is 2.69. The number of aliphatic hydroxyl groups is 6. The minimum absolute atomic E-state index is 0.0116. The Balaban J connectivity index is 3.07. The third-order valence-corrected chi connectivity index (χ3v) is 3.71. The van der Waals surface area contributed by atoms with Crippen LogP contribution in [0.2, 0.25) is 0 Å². The molecule has 22 heavy (non-hydrogen) atoms. The molecule has 0 saturated heterocycles. The normalized spacial score (nSPS) is 19.7. The average Bonchev–Trinajstić information content (AvgIpc) is 2.53. The zero-order valence-electron chi connectivity index (χ0n) is 12.3. The van der Waals surface area contributed by atoms with Crippen LogP contribution < -0.4 is 0 Å². The highest BCUT2D eigenvalue weighted by Crippen LogP contribution is 2.27. The number of rotatable bonds is 9. The third-order valence-electron chi connectivity index (χ3n) is 3.71. The van der Waals surface area contributed by atoms with Gasteiger partial charge in [0.2, 0.25) is 0 Å². The van der Waals surface area contributed by atoms with Crippen LogP contribution in [0.1, 0.15) is 12.0 Å². The van der Waals surface area contributed by atoms with Crippen molar-refractivity contribution in [1.29, 1.82) is 0 Å². The van der Waals surface area contributed by atoms with E-state index in [1.54, 1.807) is 30.3 Å². The zero-order chi connectivity index (χ0) is 16.8. The predicted molar refractivity (Wildman–Crippen MR) is 81.0 cm³/mol. The topological polar surface area (TPSA) is 121 Å². The van der Waals surface area contributed by atoms with Crippen LogP contribution in [0, 0.1) is 0 Å². The summed E-state index contributed by atoms with van der Waals surface area (Å²) in [5.74, 6) is 0. The fraction of sp³-hybridized carbons (Fsp3) is 0.500. The number of aliphatic hydroxyl groups excluding tert-OH is 5. The van der Waals surface area contributed by atoms with Crippen LogP contribution in [0.5, 0.6) is 0 Å². The minimum atomic E-state index is -2.11. The largest absolute Gasteiger partial charge is 0.394 e. The van der Waals surface area contributed by atoms with E-state index in [2.05, 4.69) is 6.58 Å². The molecule has 6 N–H and O–H groups in total. The van der Waals surface area contributed by atoms with Crippen molar-refractivity contribution < 1.29 is 30.6 Å². The minimum Gasteiger partial charge on any atom is -0.394 e. The molecule has 6 heteroatoms. The van der Waals surface area contributed by atoms with Crippen LogP contribution in [0.4, 0.5) is 0 Å². The van der Waals surface area contributed by atoms with Gasteiger partial charge in [-0.2, -0.15) is 0 Å². The molecule has 0 radical (unpaired) electrons. The van der Waals surface area contributed by atoms with E-state index in [9.17, 15) is 25.5 Å². The van der Waals surface area contributed by atoms with Crippen molar-refractivity contribution in [1.82, 2.24) is 0 Å². The fourth-order valence-corrected chi connectivity index (χ4v) is 2.32. The molecule has 1 aromatic rings. The molecular weight excluding hydrogens is 288 g/mol. The molecule has 0 heterocycles. The van der Waals surface area contributed by atoms with Gasteiger partial charge in [0.15, 0.2) is 0 Å². The highest BCUT2D eigenvalue weighted by Gasteiger charge is 2.47. The van der Waals surface area contributed by atoms with Gasteiger partial charge in [0.1, 0.15) is 23.9 Å². The van der Waals surface area contributed by atoms with Gasteiger partial charge >= 0.3 is 0 Å². The van der Waals surface area contributed by atoms with Gasteiger partial charge in [-0.3, -0.25) is 0 Å². The Morgan fingerprint density at radius 3 is 2.18 bits per heavy atom. The maximum atomic E-state index is 10.7. The molecule has 0 fully saturated rings. The van der Waals surface area contributed by atoms with Crippen molar-refractivity contribution in [3.05, 3.63) is 48.6 Å². The molecule has 1 aromatic carbocycles. The van der Waals surface area contributed by atoms with Crippen LogP contribution in [0.25, 0.3) is 0 Å². The van der Waals surface area contributed by atoms with E-state index in [4.69, 9.17) is 5.11 Å². The Labute approximate surface area is 129 Å². The van der Waals surface area contributed by atoms with E-state index in [0.29, 0.717) is 5.56 Å². The van der Waals surface area contributed by atoms with Gasteiger partial charge in [-0.25, -0.2) is 0 Å². The maximum Gasteiger partial charge on any atom is 0.123 e. The van der Waals surface area contributed by atoms with Crippen LogP contribution >= 0.6 is 0 Å². The lowest BCUT2D eigenvalue weighted by molar-refractivity contribution is -0.195. The average molecular weight is 312 g/mol. The van der Waals surface area contributed by atoms with Crippen LogP contribution in [-0.4, -0.2) is 67.3 Å². The summed E-state index contributed by atoms with van der Waals surface area (Å²) in [5.41, 5.74) is -1.47. The van der Waals surface area contributed by atoms with Gasteiger partial charge in [-0.1, -0.05) is 36.4 Å². The van der Waals surface area contributed by atoms with Crippen molar-refractivity contribution in [2.45, 2.75) is 42.9 Å². The molecule has 0 aliphatic heterocycles. The monoisotopic (exact) mass is 312 g/mol. The highest BCUT2D eigenvalue weighted by atomic mass is 16.4. The Morgan fingerprint density at radius 1 is 1.09 bits per heavy atom. The molecule has 0 saturated carbocycles. The Hall–Kier alpha value is -1.28. The van der Waals surface area contributed by atoms with Gasteiger partial charge in [-0.05, 0) is 12.0 Å². The molecule has 0 aliphatic rings. The van der Waals surface area contributed by atoms with Gasteiger partial charge in [0.25, 0.3) is 0 Å². The number of hydrogen-bond acceptors (Lipinski definition) is 6. The van der Waals surface area contributed by atoms with Gasteiger partial charge < -0.3 is 30.6 Å². The summed E-state index contributed by atoms with van der Waals surface area (Å²) in [4.78, 5) is 0. The number of benzene rings is 1. The first-order valence-electron chi connectivity index (χ1n) is 7.07. The van der Waals surface area contributed by atoms with E-state index < -0.39 is 36.6 Å². The predicted octanol–water partition coefficient (Wildman–Crippen LogP) is -1.03. The van der Waals surface area contributed by atoms with E-state index in [1.165, 1.54) is 6.08 Å². The van der Waals surface area contributed by atoms with Crippen molar-refractivity contribution in [2.75, 3.05) is 6.61 Å². The summed E-state index contributed by atoms with van der Waals surface area (Å²) in [6.07, 6.45) is -5.47. The molecule has 124 valence electrons. The Bertz CT molecular complexity index is 451. The first kappa shape index (κ1) is 18.8. The summed E-state index contributed by atoms with van der Waals surface area (Å²) < 4.78 is 0. The Morgan fingerprint density at radius 2 is 1.68 bits per heavy atom. The number of hydrogen-bond donors (Lipinski definition) is 6. The van der Waals surface area contributed by atoms with Gasteiger partial charge in [0.05, 0.1) is 12.7 Å². The van der Waals surface area contributed by atoms with Crippen molar-refractivity contribution in [3.63, 3.8) is 0 Å². The second kappa shape index (κ2) is 8.38. The van der Waals surface area contributed by atoms with Crippen molar-refractivity contribution >= 4 is 0 Å². The van der Waals surface area contributed by atoms with Crippen molar-refractivity contribution in [3.8, 4) is 0 Å². The summed E-state index contributed by atoms with van der Waals surface area (Å²) >= 11 is 0. The lowest BCUT2D eigenvalue weighted by Gasteiger charge is -2.40. The Kier molecular flexibility index (Phi) is 7.15. The van der Waals surface area contributed by atoms with Crippen LogP contribution in [0.3, 0.4) is 0 Å². The van der Waals surface area contributed by atoms with E-state index in [0.717, 1.165) is 0 Å². The van der Waals surface area contributed by atoms with Crippen molar-refractivity contribution in [2.24, 2.45) is 0 Å². The van der Waals surface area contributed by atoms with Gasteiger partial charge in [-0.15, -0.1) is 6.58 Å². The molecule has 0 aromatic heterocycles. The SMILES string of the molecule is C=CCC(O)C(O)(Cc1ccccc1)C(O)C(O)C(O)CO. The lowest BCUT2D eigenvalue weighted by Crippen LogP contribution is -2.60. The molecule has 0 bridgehead atoms. The summed E-state index contributed by atoms with van der Waals surface area (Å²) in [5, 5.41) is 59.3. The van der Waals surface area contributed by atoms with Crippen LogP contribution in [-0.2, 0) is 6.42 Å². The molecule has 6 nitrogen and oxygen atoms in total. The molecular formula is C16H24O6. The summed E-state index contributed by atoms with van der Waals surface area (Å²) in [6, 6.07) is 8.66. The molecule has 0 aliphatic carbocycles. The molecule has 5 unspecified atom stereocenters. The molecule has 1 rings (SSSR count). The fourth-order valence-electron chi connectivity index (χ4n) is 2.32. The first-order chi connectivity index (χ1) is 10.4. The molecule has 0 spiro atoms. The standard InChI is InChI=1S/C16H24O6/c1-2-6-13(19)16(22,9-11-7-4-3-5-8-11)15(21)14(20)12(18)10-17/h2-5,7-8,12-15,17-22H,1,6,9-10H2. The third kappa shape index (κ3) is 4.36. The lowest BCUT2D eigenvalue weighted by atomic mass is 9.79. The zero-order valence-corrected chi connectivity index (χ0v) is 12.3. The molecule has 5 atom stereocenters. The smallest absolute Gasteiger partial charge is 0.123 e. The molecule has 0 amide bonds. The van der Waals surface area contributed by atoms with Gasteiger partial charge in [0, 0.05) is 6.42 Å². The first-order valence-corrected chi connectivity index (χ1v) is 7.07. The maximum absolute atomic E-state index is 10.7. The highest BCUT2D eigenvalue weighted by molar-refractivity contribution is 5.19. The summed E-state index contributed by atoms with van der Waals surface area (Å²) in [7, 11) is 0. The quantitative estimate of drug-likeness (QED) is 0.324. The van der Waals surface area contributed by atoms with E-state index in [-0.39, 0.29) is 12.8 Å². The van der Waals surface area contributed by atoms with E-state index in [1.807, 2.05) is 0 Å². The second-order valence-electron chi connectivity index (χ2n) is 5.38. The van der Waals surface area contributed by atoms with E-state index >= 15 is 0 Å². The van der Waals surface area contributed by atoms with Crippen LogP contribution in [0.15, 0.2) is 43.0 Å². The second-order valence-corrected chi connectivity index (χ2v) is 5.38.